The van der Waals surface area contributed by atoms with Crippen LogP contribution < -0.4 is 0 Å². The van der Waals surface area contributed by atoms with E-state index in [2.05, 4.69) is 170 Å². The first-order valence-corrected chi connectivity index (χ1v) is 16.9. The molecule has 0 saturated carbocycles. The summed E-state index contributed by atoms with van der Waals surface area (Å²) in [6, 6.07) is 62.0. The largest absolute Gasteiger partial charge is 0.456 e. The molecular weight excluding hydrogens is 593 g/mol. The molecule has 11 rings (SSSR count). The molecule has 11 aromatic rings. The van der Waals surface area contributed by atoms with E-state index in [-0.39, 0.29) is 0 Å². The van der Waals surface area contributed by atoms with Gasteiger partial charge < -0.3 is 4.42 Å². The molecule has 0 spiro atoms. The average Bonchev–Trinajstić information content (AvgIpc) is 3.55. The molecule has 0 saturated heterocycles. The molecule has 1 heteroatoms. The molecule has 1 heterocycles. The maximum absolute atomic E-state index is 6.60. The normalized spacial score (nSPS) is 12.1. The molecule has 10 aromatic carbocycles. The standard InChI is InChI=1S/C48H28O/c1-2-12-30-27-31(22-21-29(30)11-1)45-37-17-7-9-19-39(37)46(40-20-10-8-18-38(40)45)32-23-25-43-42(28-32)48-44(49-43)26-24-41-35-15-4-3-13-33(35)34-14-5-6-16-36(34)47(41)48/h1-28H. The first kappa shape index (κ1) is 26.6. The average molecular weight is 621 g/mol. The van der Waals surface area contributed by atoms with Crippen LogP contribution >= 0.6 is 0 Å². The second-order valence-electron chi connectivity index (χ2n) is 13.2. The Hall–Kier alpha value is -6.44. The maximum Gasteiger partial charge on any atom is 0.136 e. The van der Waals surface area contributed by atoms with E-state index in [9.17, 15) is 0 Å². The topological polar surface area (TPSA) is 13.1 Å². The van der Waals surface area contributed by atoms with Gasteiger partial charge in [0.05, 0.1) is 0 Å². The third-order valence-corrected chi connectivity index (χ3v) is 10.6. The van der Waals surface area contributed by atoms with E-state index in [1.54, 1.807) is 0 Å². The fourth-order valence-corrected chi connectivity index (χ4v) is 8.51. The Balaban J connectivity index is 1.25. The summed E-state index contributed by atoms with van der Waals surface area (Å²) in [5.41, 5.74) is 6.78. The molecule has 0 unspecified atom stereocenters. The van der Waals surface area contributed by atoms with E-state index >= 15 is 0 Å². The lowest BCUT2D eigenvalue weighted by Gasteiger charge is -2.18. The van der Waals surface area contributed by atoms with Crippen molar-refractivity contribution >= 4 is 86.6 Å². The van der Waals surface area contributed by atoms with Gasteiger partial charge in [0.1, 0.15) is 11.2 Å². The van der Waals surface area contributed by atoms with Gasteiger partial charge in [0.15, 0.2) is 0 Å². The van der Waals surface area contributed by atoms with E-state index in [1.807, 2.05) is 0 Å². The van der Waals surface area contributed by atoms with Crippen LogP contribution in [0.2, 0.25) is 0 Å². The number of furan rings is 1. The second kappa shape index (κ2) is 10.0. The molecule has 0 aliphatic rings. The Labute approximate surface area is 282 Å². The summed E-state index contributed by atoms with van der Waals surface area (Å²) in [6.45, 7) is 0. The zero-order valence-electron chi connectivity index (χ0n) is 26.6. The highest BCUT2D eigenvalue weighted by molar-refractivity contribution is 6.35. The number of hydrogen-bond donors (Lipinski definition) is 0. The van der Waals surface area contributed by atoms with E-state index in [1.165, 1.54) is 92.3 Å². The van der Waals surface area contributed by atoms with Crippen LogP contribution in [0.25, 0.3) is 109 Å². The smallest absolute Gasteiger partial charge is 0.136 e. The molecule has 1 nitrogen and oxygen atoms in total. The zero-order valence-corrected chi connectivity index (χ0v) is 26.6. The fraction of sp³-hybridized carbons (Fsp3) is 0. The van der Waals surface area contributed by atoms with Gasteiger partial charge in [0.25, 0.3) is 0 Å². The van der Waals surface area contributed by atoms with Crippen molar-refractivity contribution in [3.05, 3.63) is 170 Å². The zero-order chi connectivity index (χ0) is 32.1. The molecule has 0 atom stereocenters. The molecule has 0 aliphatic carbocycles. The molecule has 49 heavy (non-hydrogen) atoms. The van der Waals surface area contributed by atoms with Crippen LogP contribution in [0.4, 0.5) is 0 Å². The van der Waals surface area contributed by atoms with E-state index < -0.39 is 0 Å². The van der Waals surface area contributed by atoms with Crippen LogP contribution in [0, 0.1) is 0 Å². The molecule has 0 aliphatic heterocycles. The quantitative estimate of drug-likeness (QED) is 0.138. The van der Waals surface area contributed by atoms with Crippen molar-refractivity contribution in [3.8, 4) is 22.3 Å². The van der Waals surface area contributed by atoms with Gasteiger partial charge in [0, 0.05) is 16.2 Å². The highest BCUT2D eigenvalue weighted by atomic mass is 16.3. The van der Waals surface area contributed by atoms with Crippen LogP contribution in [0.15, 0.2) is 174 Å². The predicted octanol–water partition coefficient (Wildman–Crippen LogP) is 13.8. The van der Waals surface area contributed by atoms with Crippen LogP contribution in [-0.2, 0) is 0 Å². The van der Waals surface area contributed by atoms with Crippen molar-refractivity contribution in [1.29, 1.82) is 0 Å². The minimum absolute atomic E-state index is 0.907. The lowest BCUT2D eigenvalue weighted by Crippen LogP contribution is -1.91. The summed E-state index contributed by atoms with van der Waals surface area (Å²) in [7, 11) is 0. The minimum atomic E-state index is 0.907. The summed E-state index contributed by atoms with van der Waals surface area (Å²) in [5, 5.41) is 17.4. The van der Waals surface area contributed by atoms with Gasteiger partial charge in [-0.1, -0.05) is 140 Å². The molecule has 0 bridgehead atoms. The summed E-state index contributed by atoms with van der Waals surface area (Å²) in [5.74, 6) is 0. The first-order valence-electron chi connectivity index (χ1n) is 16.9. The van der Waals surface area contributed by atoms with Crippen molar-refractivity contribution in [3.63, 3.8) is 0 Å². The van der Waals surface area contributed by atoms with Gasteiger partial charge in [-0.15, -0.1) is 0 Å². The van der Waals surface area contributed by atoms with Crippen molar-refractivity contribution in [2.24, 2.45) is 0 Å². The summed E-state index contributed by atoms with van der Waals surface area (Å²) >= 11 is 0. The lowest BCUT2D eigenvalue weighted by atomic mass is 9.85. The van der Waals surface area contributed by atoms with Gasteiger partial charge in [-0.3, -0.25) is 0 Å². The number of benzene rings is 10. The van der Waals surface area contributed by atoms with E-state index in [0.717, 1.165) is 16.6 Å². The van der Waals surface area contributed by atoms with Gasteiger partial charge in [-0.05, 0) is 112 Å². The minimum Gasteiger partial charge on any atom is -0.456 e. The SMILES string of the molecule is c1ccc2cc(-c3c4ccccc4c(-c4ccc5oc6ccc7c8ccccc8c8ccccc8c7c6c5c4)c4ccccc34)ccc2c1. The maximum atomic E-state index is 6.60. The predicted molar refractivity (Wildman–Crippen MR) is 210 cm³/mol. The van der Waals surface area contributed by atoms with Crippen LogP contribution in [0.5, 0.6) is 0 Å². The molecule has 0 N–H and O–H groups in total. The third kappa shape index (κ3) is 3.76. The Morgan fingerprint density at radius 2 is 0.714 bits per heavy atom. The van der Waals surface area contributed by atoms with Gasteiger partial charge in [-0.2, -0.15) is 0 Å². The fourth-order valence-electron chi connectivity index (χ4n) is 8.51. The molecular formula is C48H28O. The molecule has 1 aromatic heterocycles. The van der Waals surface area contributed by atoms with Gasteiger partial charge >= 0.3 is 0 Å². The van der Waals surface area contributed by atoms with Crippen molar-refractivity contribution in [1.82, 2.24) is 0 Å². The number of hydrogen-bond acceptors (Lipinski definition) is 1. The Bertz CT molecular complexity index is 3070. The first-order chi connectivity index (χ1) is 24.3. The second-order valence-corrected chi connectivity index (χ2v) is 13.2. The van der Waals surface area contributed by atoms with E-state index in [0.29, 0.717) is 0 Å². The number of rotatable bonds is 2. The Kier molecular flexibility index (Phi) is 5.45. The Morgan fingerprint density at radius 1 is 0.265 bits per heavy atom. The van der Waals surface area contributed by atoms with Crippen molar-refractivity contribution in [2.75, 3.05) is 0 Å². The van der Waals surface area contributed by atoms with Gasteiger partial charge in [0.2, 0.25) is 0 Å². The van der Waals surface area contributed by atoms with Crippen LogP contribution in [0.1, 0.15) is 0 Å². The molecule has 226 valence electrons. The molecule has 0 radical (unpaired) electrons. The molecule has 0 amide bonds. The lowest BCUT2D eigenvalue weighted by molar-refractivity contribution is 0.669. The monoisotopic (exact) mass is 620 g/mol. The third-order valence-electron chi connectivity index (χ3n) is 10.6. The highest BCUT2D eigenvalue weighted by Crippen LogP contribution is 2.47. The van der Waals surface area contributed by atoms with Crippen LogP contribution in [-0.4, -0.2) is 0 Å². The Morgan fingerprint density at radius 3 is 1.35 bits per heavy atom. The molecule has 0 fully saturated rings. The highest BCUT2D eigenvalue weighted by Gasteiger charge is 2.20. The van der Waals surface area contributed by atoms with Crippen LogP contribution in [0.3, 0.4) is 0 Å². The van der Waals surface area contributed by atoms with E-state index in [4.69, 9.17) is 4.42 Å². The van der Waals surface area contributed by atoms with Gasteiger partial charge in [-0.25, -0.2) is 0 Å². The van der Waals surface area contributed by atoms with Crippen molar-refractivity contribution in [2.45, 2.75) is 0 Å². The summed E-state index contributed by atoms with van der Waals surface area (Å²) < 4.78 is 6.60. The number of fused-ring (bicyclic) bond motifs is 13. The summed E-state index contributed by atoms with van der Waals surface area (Å²) in [4.78, 5) is 0. The van der Waals surface area contributed by atoms with Crippen molar-refractivity contribution < 1.29 is 4.42 Å². The summed E-state index contributed by atoms with van der Waals surface area (Å²) in [6.07, 6.45) is 0.